The van der Waals surface area contributed by atoms with E-state index in [1.807, 2.05) is 50.5 Å². The SMILES string of the molecule is COc1cccc(C(CNC(=O)c2cccc(N3CCCC3=O)c2)N(C)C)c1. The zero-order chi connectivity index (χ0) is 20.1. The molecule has 28 heavy (non-hydrogen) atoms. The first-order valence-electron chi connectivity index (χ1n) is 9.48. The van der Waals surface area contributed by atoms with E-state index in [9.17, 15) is 9.59 Å². The van der Waals surface area contributed by atoms with E-state index in [0.717, 1.165) is 23.4 Å². The number of carbonyl (C=O) groups is 2. The van der Waals surface area contributed by atoms with E-state index < -0.39 is 0 Å². The molecule has 1 aliphatic rings. The fourth-order valence-corrected chi connectivity index (χ4v) is 3.47. The van der Waals surface area contributed by atoms with Crippen LogP contribution in [0.15, 0.2) is 48.5 Å². The average molecular weight is 381 g/mol. The van der Waals surface area contributed by atoms with E-state index >= 15 is 0 Å². The minimum Gasteiger partial charge on any atom is -0.497 e. The topological polar surface area (TPSA) is 61.9 Å². The van der Waals surface area contributed by atoms with Crippen molar-refractivity contribution in [1.82, 2.24) is 10.2 Å². The number of amides is 2. The van der Waals surface area contributed by atoms with Crippen molar-refractivity contribution in [3.8, 4) is 5.75 Å². The van der Waals surface area contributed by atoms with Crippen LogP contribution in [0.4, 0.5) is 5.69 Å². The summed E-state index contributed by atoms with van der Waals surface area (Å²) in [5, 5.41) is 3.02. The molecule has 2 aromatic carbocycles. The highest BCUT2D eigenvalue weighted by molar-refractivity contribution is 5.99. The van der Waals surface area contributed by atoms with E-state index in [2.05, 4.69) is 10.2 Å². The molecule has 0 saturated carbocycles. The van der Waals surface area contributed by atoms with Crippen molar-refractivity contribution in [3.05, 3.63) is 59.7 Å². The fraction of sp³-hybridized carbons (Fsp3) is 0.364. The first kappa shape index (κ1) is 19.9. The van der Waals surface area contributed by atoms with Crippen LogP contribution in [-0.4, -0.2) is 51.0 Å². The van der Waals surface area contributed by atoms with E-state index in [-0.39, 0.29) is 17.9 Å². The monoisotopic (exact) mass is 381 g/mol. The summed E-state index contributed by atoms with van der Waals surface area (Å²) in [4.78, 5) is 28.5. The molecular formula is C22H27N3O3. The molecule has 148 valence electrons. The van der Waals surface area contributed by atoms with Crippen LogP contribution >= 0.6 is 0 Å². The maximum atomic E-state index is 12.7. The summed E-state index contributed by atoms with van der Waals surface area (Å²) in [5.74, 6) is 0.755. The first-order valence-corrected chi connectivity index (χ1v) is 9.48. The van der Waals surface area contributed by atoms with E-state index in [0.29, 0.717) is 25.1 Å². The molecule has 3 rings (SSSR count). The van der Waals surface area contributed by atoms with E-state index in [1.165, 1.54) is 0 Å². The Balaban J connectivity index is 1.70. The number of nitrogens with zero attached hydrogens (tertiary/aromatic N) is 2. The van der Waals surface area contributed by atoms with Crippen molar-refractivity contribution in [3.63, 3.8) is 0 Å². The minimum absolute atomic E-state index is 0.0161. The Labute approximate surface area is 166 Å². The molecule has 0 bridgehead atoms. The van der Waals surface area contributed by atoms with Crippen LogP contribution in [-0.2, 0) is 4.79 Å². The maximum Gasteiger partial charge on any atom is 0.251 e. The van der Waals surface area contributed by atoms with Gasteiger partial charge in [0, 0.05) is 30.8 Å². The Morgan fingerprint density at radius 3 is 2.68 bits per heavy atom. The van der Waals surface area contributed by atoms with Gasteiger partial charge in [0.1, 0.15) is 5.75 Å². The molecule has 6 heteroatoms. The number of ether oxygens (including phenoxy) is 1. The quantitative estimate of drug-likeness (QED) is 0.801. The molecule has 1 atom stereocenters. The van der Waals surface area contributed by atoms with Gasteiger partial charge in [-0.15, -0.1) is 0 Å². The Kier molecular flexibility index (Phi) is 6.31. The Hall–Kier alpha value is -2.86. The fourth-order valence-electron chi connectivity index (χ4n) is 3.47. The van der Waals surface area contributed by atoms with Crippen LogP contribution in [0.1, 0.15) is 34.8 Å². The lowest BCUT2D eigenvalue weighted by Crippen LogP contribution is -2.34. The molecule has 1 aliphatic heterocycles. The van der Waals surface area contributed by atoms with Gasteiger partial charge in [-0.05, 0) is 56.4 Å². The molecule has 1 N–H and O–H groups in total. The molecule has 2 amide bonds. The lowest BCUT2D eigenvalue weighted by molar-refractivity contribution is -0.117. The second-order valence-electron chi connectivity index (χ2n) is 7.17. The van der Waals surface area contributed by atoms with Crippen molar-refractivity contribution in [1.29, 1.82) is 0 Å². The Bertz CT molecular complexity index is 850. The Morgan fingerprint density at radius 2 is 2.00 bits per heavy atom. The van der Waals surface area contributed by atoms with Crippen LogP contribution < -0.4 is 15.0 Å². The predicted octanol–water partition coefficient (Wildman–Crippen LogP) is 2.85. The summed E-state index contributed by atoms with van der Waals surface area (Å²) in [6, 6.07) is 15.1. The summed E-state index contributed by atoms with van der Waals surface area (Å²) >= 11 is 0. The standard InChI is InChI=1S/C22H27N3O3/c1-24(2)20(16-7-5-10-19(14-16)28-3)15-23-22(27)17-8-4-9-18(13-17)25-12-6-11-21(25)26/h4-5,7-10,13-14,20H,6,11-12,15H2,1-3H3,(H,23,27). The van der Waals surface area contributed by atoms with Crippen molar-refractivity contribution >= 4 is 17.5 Å². The van der Waals surface area contributed by atoms with Gasteiger partial charge in [0.05, 0.1) is 13.2 Å². The molecule has 2 aromatic rings. The van der Waals surface area contributed by atoms with E-state index in [4.69, 9.17) is 4.74 Å². The number of methoxy groups -OCH3 is 1. The molecule has 0 aliphatic carbocycles. The van der Waals surface area contributed by atoms with E-state index in [1.54, 1.807) is 24.1 Å². The third-order valence-corrected chi connectivity index (χ3v) is 5.05. The lowest BCUT2D eigenvalue weighted by atomic mass is 10.1. The van der Waals surface area contributed by atoms with Gasteiger partial charge in [0.25, 0.3) is 5.91 Å². The highest BCUT2D eigenvalue weighted by Crippen LogP contribution is 2.24. The van der Waals surface area contributed by atoms with Gasteiger partial charge in [0.15, 0.2) is 0 Å². The van der Waals surface area contributed by atoms with Gasteiger partial charge in [-0.3, -0.25) is 9.59 Å². The number of benzene rings is 2. The van der Waals surface area contributed by atoms with Crippen molar-refractivity contribution in [2.24, 2.45) is 0 Å². The van der Waals surface area contributed by atoms with Gasteiger partial charge in [0.2, 0.25) is 5.91 Å². The third kappa shape index (κ3) is 4.51. The number of carbonyl (C=O) groups excluding carboxylic acids is 2. The van der Waals surface area contributed by atoms with Crippen LogP contribution in [0.25, 0.3) is 0 Å². The van der Waals surface area contributed by atoms with Gasteiger partial charge < -0.3 is 19.9 Å². The zero-order valence-corrected chi connectivity index (χ0v) is 16.6. The second-order valence-corrected chi connectivity index (χ2v) is 7.17. The zero-order valence-electron chi connectivity index (χ0n) is 16.6. The average Bonchev–Trinajstić information content (AvgIpc) is 3.14. The minimum atomic E-state index is -0.150. The second kappa shape index (κ2) is 8.89. The number of anilines is 1. The number of hydrogen-bond donors (Lipinski definition) is 1. The van der Waals surface area contributed by atoms with Gasteiger partial charge in [-0.25, -0.2) is 0 Å². The van der Waals surface area contributed by atoms with Gasteiger partial charge in [-0.1, -0.05) is 18.2 Å². The van der Waals surface area contributed by atoms with Crippen LogP contribution in [0.2, 0.25) is 0 Å². The summed E-state index contributed by atoms with van der Waals surface area (Å²) in [6.45, 7) is 1.17. The van der Waals surface area contributed by atoms with Crippen LogP contribution in [0.5, 0.6) is 5.75 Å². The highest BCUT2D eigenvalue weighted by atomic mass is 16.5. The third-order valence-electron chi connectivity index (χ3n) is 5.05. The van der Waals surface area contributed by atoms with Crippen LogP contribution in [0.3, 0.4) is 0 Å². The molecule has 6 nitrogen and oxygen atoms in total. The van der Waals surface area contributed by atoms with Gasteiger partial charge >= 0.3 is 0 Å². The van der Waals surface area contributed by atoms with Crippen molar-refractivity contribution < 1.29 is 14.3 Å². The smallest absolute Gasteiger partial charge is 0.251 e. The summed E-state index contributed by atoms with van der Waals surface area (Å²) < 4.78 is 5.31. The van der Waals surface area contributed by atoms with Crippen molar-refractivity contribution in [2.45, 2.75) is 18.9 Å². The number of likely N-dealkylation sites (N-methyl/N-ethyl adjacent to an activating group) is 1. The molecule has 0 spiro atoms. The molecule has 0 radical (unpaired) electrons. The Morgan fingerprint density at radius 1 is 1.21 bits per heavy atom. The number of rotatable bonds is 7. The largest absolute Gasteiger partial charge is 0.497 e. The molecular weight excluding hydrogens is 354 g/mol. The molecule has 1 saturated heterocycles. The highest BCUT2D eigenvalue weighted by Gasteiger charge is 2.22. The predicted molar refractivity (Wildman–Crippen MR) is 110 cm³/mol. The lowest BCUT2D eigenvalue weighted by Gasteiger charge is -2.25. The number of hydrogen-bond acceptors (Lipinski definition) is 4. The summed E-state index contributed by atoms with van der Waals surface area (Å²) in [6.07, 6.45) is 1.43. The molecule has 1 unspecified atom stereocenters. The molecule has 1 fully saturated rings. The maximum absolute atomic E-state index is 12.7. The molecule has 1 heterocycles. The summed E-state index contributed by atoms with van der Waals surface area (Å²) in [7, 11) is 5.61. The van der Waals surface area contributed by atoms with Crippen LogP contribution in [0, 0.1) is 0 Å². The van der Waals surface area contributed by atoms with Crippen molar-refractivity contribution in [2.75, 3.05) is 39.2 Å². The summed E-state index contributed by atoms with van der Waals surface area (Å²) in [5.41, 5.74) is 2.41. The molecule has 0 aromatic heterocycles. The normalized spacial score (nSPS) is 15.0. The number of nitrogens with one attached hydrogen (secondary N) is 1. The van der Waals surface area contributed by atoms with Gasteiger partial charge in [-0.2, -0.15) is 0 Å². The first-order chi connectivity index (χ1) is 13.5.